The van der Waals surface area contributed by atoms with E-state index < -0.39 is 0 Å². The maximum atomic E-state index is 4.48. The summed E-state index contributed by atoms with van der Waals surface area (Å²) in [7, 11) is 0. The van der Waals surface area contributed by atoms with Crippen LogP contribution in [-0.2, 0) is 6.54 Å². The van der Waals surface area contributed by atoms with Gasteiger partial charge in [0.05, 0.1) is 17.9 Å². The molecule has 0 unspecified atom stereocenters. The van der Waals surface area contributed by atoms with Gasteiger partial charge in [0.25, 0.3) is 0 Å². The molecule has 0 radical (unpaired) electrons. The van der Waals surface area contributed by atoms with E-state index in [1.807, 2.05) is 44.2 Å². The van der Waals surface area contributed by atoms with E-state index in [1.54, 1.807) is 0 Å². The predicted molar refractivity (Wildman–Crippen MR) is 80.6 cm³/mol. The number of nitrogens with zero attached hydrogens (tertiary/aromatic N) is 3. The van der Waals surface area contributed by atoms with Gasteiger partial charge in [0.1, 0.15) is 0 Å². The van der Waals surface area contributed by atoms with Crippen LogP contribution in [0.15, 0.2) is 42.5 Å². The number of anilines is 1. The molecule has 2 heterocycles. The van der Waals surface area contributed by atoms with Gasteiger partial charge in [-0.05, 0) is 26.0 Å². The first-order valence-electron chi connectivity index (χ1n) is 6.62. The molecule has 0 amide bonds. The highest BCUT2D eigenvalue weighted by molar-refractivity contribution is 5.92. The van der Waals surface area contributed by atoms with Crippen molar-refractivity contribution in [1.82, 2.24) is 15.2 Å². The Balaban J connectivity index is 1.90. The van der Waals surface area contributed by atoms with Crippen LogP contribution in [-0.4, -0.2) is 15.2 Å². The Bertz CT molecular complexity index is 752. The highest BCUT2D eigenvalue weighted by atomic mass is 15.2. The second-order valence-electron chi connectivity index (χ2n) is 4.80. The first kappa shape index (κ1) is 12.5. The van der Waals surface area contributed by atoms with Crippen molar-refractivity contribution in [2.75, 3.05) is 5.32 Å². The summed E-state index contributed by atoms with van der Waals surface area (Å²) in [6, 6.07) is 14.2. The van der Waals surface area contributed by atoms with Gasteiger partial charge in [-0.15, -0.1) is 5.10 Å². The monoisotopic (exact) mass is 264 g/mol. The Morgan fingerprint density at radius 3 is 2.50 bits per heavy atom. The quantitative estimate of drug-likeness (QED) is 0.789. The topological polar surface area (TPSA) is 50.7 Å². The normalized spacial score (nSPS) is 10.7. The molecule has 0 aliphatic carbocycles. The molecule has 0 bridgehead atoms. The molecule has 0 aliphatic heterocycles. The van der Waals surface area contributed by atoms with Crippen LogP contribution >= 0.6 is 0 Å². The maximum Gasteiger partial charge on any atom is 0.156 e. The zero-order valence-electron chi connectivity index (χ0n) is 11.6. The maximum absolute atomic E-state index is 4.48. The average molecular weight is 264 g/mol. The molecule has 1 N–H and O–H groups in total. The molecule has 3 rings (SSSR count). The van der Waals surface area contributed by atoms with Crippen molar-refractivity contribution in [1.29, 1.82) is 0 Å². The van der Waals surface area contributed by atoms with Crippen molar-refractivity contribution in [2.45, 2.75) is 20.4 Å². The summed E-state index contributed by atoms with van der Waals surface area (Å²) < 4.78 is 0. The highest BCUT2D eigenvalue weighted by Gasteiger charge is 2.06. The zero-order chi connectivity index (χ0) is 13.9. The fourth-order valence-corrected chi connectivity index (χ4v) is 2.24. The Morgan fingerprint density at radius 2 is 1.70 bits per heavy atom. The van der Waals surface area contributed by atoms with Crippen molar-refractivity contribution in [2.24, 2.45) is 0 Å². The molecule has 0 atom stereocenters. The Kier molecular flexibility index (Phi) is 3.29. The van der Waals surface area contributed by atoms with Gasteiger partial charge in [0.2, 0.25) is 0 Å². The summed E-state index contributed by atoms with van der Waals surface area (Å²) in [4.78, 5) is 4.48. The average Bonchev–Trinajstić information content (AvgIpc) is 2.47. The van der Waals surface area contributed by atoms with E-state index in [9.17, 15) is 0 Å². The molecule has 0 saturated heterocycles. The third-order valence-electron chi connectivity index (χ3n) is 3.25. The van der Waals surface area contributed by atoms with Gasteiger partial charge >= 0.3 is 0 Å². The second kappa shape index (κ2) is 5.25. The lowest BCUT2D eigenvalue weighted by atomic mass is 10.1. The molecule has 3 aromatic rings. The van der Waals surface area contributed by atoms with E-state index in [4.69, 9.17) is 0 Å². The SMILES string of the molecule is Cc1cccc(CNc2nnc(C)c3ccccc23)n1. The smallest absolute Gasteiger partial charge is 0.156 e. The first-order valence-corrected chi connectivity index (χ1v) is 6.62. The number of rotatable bonds is 3. The summed E-state index contributed by atoms with van der Waals surface area (Å²) in [5, 5.41) is 14.0. The van der Waals surface area contributed by atoms with Crippen molar-refractivity contribution in [3.63, 3.8) is 0 Å². The van der Waals surface area contributed by atoms with Crippen LogP contribution in [0, 0.1) is 13.8 Å². The van der Waals surface area contributed by atoms with E-state index in [2.05, 4.69) is 32.6 Å². The molecule has 4 heteroatoms. The Morgan fingerprint density at radius 1 is 0.900 bits per heavy atom. The minimum atomic E-state index is 0.642. The predicted octanol–water partition coefficient (Wildman–Crippen LogP) is 3.25. The number of hydrogen-bond donors (Lipinski definition) is 1. The summed E-state index contributed by atoms with van der Waals surface area (Å²) >= 11 is 0. The van der Waals surface area contributed by atoms with E-state index in [0.29, 0.717) is 6.54 Å². The Hall–Kier alpha value is -2.49. The second-order valence-corrected chi connectivity index (χ2v) is 4.80. The first-order chi connectivity index (χ1) is 9.74. The zero-order valence-corrected chi connectivity index (χ0v) is 11.6. The molecule has 100 valence electrons. The van der Waals surface area contributed by atoms with E-state index >= 15 is 0 Å². The van der Waals surface area contributed by atoms with Crippen LogP contribution in [0.3, 0.4) is 0 Å². The molecule has 0 aliphatic rings. The number of pyridine rings is 1. The molecule has 2 aromatic heterocycles. The summed E-state index contributed by atoms with van der Waals surface area (Å²) in [5.41, 5.74) is 2.96. The lowest BCUT2D eigenvalue weighted by Gasteiger charge is -2.09. The minimum absolute atomic E-state index is 0.642. The van der Waals surface area contributed by atoms with Gasteiger partial charge in [-0.1, -0.05) is 30.3 Å². The molecule has 0 saturated carbocycles. The molecule has 1 aromatic carbocycles. The number of fused-ring (bicyclic) bond motifs is 1. The minimum Gasteiger partial charge on any atom is -0.362 e. The van der Waals surface area contributed by atoms with E-state index in [0.717, 1.165) is 33.7 Å². The van der Waals surface area contributed by atoms with Gasteiger partial charge in [0.15, 0.2) is 5.82 Å². The van der Waals surface area contributed by atoms with Crippen LogP contribution in [0.4, 0.5) is 5.82 Å². The fourth-order valence-electron chi connectivity index (χ4n) is 2.24. The van der Waals surface area contributed by atoms with E-state index in [-0.39, 0.29) is 0 Å². The third kappa shape index (κ3) is 2.45. The number of aromatic nitrogens is 3. The van der Waals surface area contributed by atoms with Crippen molar-refractivity contribution >= 4 is 16.6 Å². The lowest BCUT2D eigenvalue weighted by Crippen LogP contribution is -2.05. The van der Waals surface area contributed by atoms with Gasteiger partial charge in [0, 0.05) is 16.5 Å². The molecule has 4 nitrogen and oxygen atoms in total. The van der Waals surface area contributed by atoms with E-state index in [1.165, 1.54) is 0 Å². The summed E-state index contributed by atoms with van der Waals surface area (Å²) in [6.45, 7) is 4.61. The van der Waals surface area contributed by atoms with Crippen molar-refractivity contribution in [3.8, 4) is 0 Å². The lowest BCUT2D eigenvalue weighted by molar-refractivity contribution is 0.960. The molecule has 0 spiro atoms. The molecule has 0 fully saturated rings. The number of aryl methyl sites for hydroxylation is 2. The highest BCUT2D eigenvalue weighted by Crippen LogP contribution is 2.22. The van der Waals surface area contributed by atoms with Crippen molar-refractivity contribution in [3.05, 3.63) is 59.5 Å². The number of nitrogens with one attached hydrogen (secondary N) is 1. The largest absolute Gasteiger partial charge is 0.362 e. The van der Waals surface area contributed by atoms with Crippen LogP contribution < -0.4 is 5.32 Å². The van der Waals surface area contributed by atoms with Gasteiger partial charge in [-0.3, -0.25) is 4.98 Å². The van der Waals surface area contributed by atoms with Gasteiger partial charge in [-0.2, -0.15) is 5.10 Å². The van der Waals surface area contributed by atoms with Crippen LogP contribution in [0.25, 0.3) is 10.8 Å². The van der Waals surface area contributed by atoms with Gasteiger partial charge in [-0.25, -0.2) is 0 Å². The number of hydrogen-bond acceptors (Lipinski definition) is 4. The van der Waals surface area contributed by atoms with Crippen molar-refractivity contribution < 1.29 is 0 Å². The molecular weight excluding hydrogens is 248 g/mol. The summed E-state index contributed by atoms with van der Waals surface area (Å²) in [5.74, 6) is 0.800. The molecule has 20 heavy (non-hydrogen) atoms. The fraction of sp³-hybridized carbons (Fsp3) is 0.188. The van der Waals surface area contributed by atoms with Crippen LogP contribution in [0.1, 0.15) is 17.1 Å². The molecular formula is C16H16N4. The van der Waals surface area contributed by atoms with Crippen LogP contribution in [0.2, 0.25) is 0 Å². The van der Waals surface area contributed by atoms with Crippen LogP contribution in [0.5, 0.6) is 0 Å². The summed E-state index contributed by atoms with van der Waals surface area (Å²) in [6.07, 6.45) is 0. The standard InChI is InChI=1S/C16H16N4/c1-11-6-5-7-13(18-11)10-17-16-15-9-4-3-8-14(15)12(2)19-20-16/h3-9H,10H2,1-2H3,(H,17,20). The third-order valence-corrected chi connectivity index (χ3v) is 3.25. The number of benzene rings is 1. The van der Waals surface area contributed by atoms with Gasteiger partial charge < -0.3 is 5.32 Å². The Labute approximate surface area is 117 Å².